The Morgan fingerprint density at radius 2 is 1.84 bits per heavy atom. The molecule has 0 radical (unpaired) electrons. The SMILES string of the molecule is CC(C)Oc1cc(-c2ccc3c(ccc4sc5c(c43)NC[C@@H](C)NC5=O)n2)cc(N2CCN(C(=O)OC(C)(C)C)CC2)c1. The second-order valence-electron chi connectivity index (χ2n) is 12.6. The lowest BCUT2D eigenvalue weighted by Gasteiger charge is -2.37. The summed E-state index contributed by atoms with van der Waals surface area (Å²) in [4.78, 5) is 35.3. The van der Waals surface area contributed by atoms with Gasteiger partial charge in [0.15, 0.2) is 0 Å². The van der Waals surface area contributed by atoms with Crippen LogP contribution in [0.15, 0.2) is 42.5 Å². The standard InChI is InChI=1S/C33H39N5O4S/c1-19(2)41-23-16-21(15-22(17-23)37-11-13-38(14-12-37)32(40)42-33(4,5)6)25-8-7-24-26(36-25)9-10-27-28(24)29-30(43-27)31(39)35-20(3)18-34-29/h7-10,15-17,19-20,34H,11-14,18H2,1-6H3,(H,35,39)/t20-/m1/s1. The van der Waals surface area contributed by atoms with Crippen LogP contribution in [-0.2, 0) is 4.74 Å². The van der Waals surface area contributed by atoms with Gasteiger partial charge in [-0.25, -0.2) is 9.78 Å². The molecule has 2 aliphatic rings. The second-order valence-corrected chi connectivity index (χ2v) is 13.7. The number of anilines is 2. The first-order valence-electron chi connectivity index (χ1n) is 14.9. The number of ether oxygens (including phenoxy) is 2. The maximum absolute atomic E-state index is 12.8. The summed E-state index contributed by atoms with van der Waals surface area (Å²) in [6.45, 7) is 14.9. The molecule has 226 valence electrons. The number of piperazine rings is 1. The van der Waals surface area contributed by atoms with Gasteiger partial charge in [-0.1, -0.05) is 0 Å². The van der Waals surface area contributed by atoms with Crippen LogP contribution in [0, 0.1) is 0 Å². The molecule has 4 heterocycles. The number of rotatable bonds is 4. The van der Waals surface area contributed by atoms with Crippen molar-refractivity contribution in [3.05, 3.63) is 47.3 Å². The molecule has 9 nitrogen and oxygen atoms in total. The first-order valence-corrected chi connectivity index (χ1v) is 15.7. The summed E-state index contributed by atoms with van der Waals surface area (Å²) in [6, 6.07) is 14.5. The number of carbonyl (C=O) groups excluding carboxylic acids is 2. The molecule has 0 unspecified atom stereocenters. The first kappa shape index (κ1) is 29.0. The minimum absolute atomic E-state index is 0.0197. The zero-order valence-electron chi connectivity index (χ0n) is 25.6. The topological polar surface area (TPSA) is 96.0 Å². The number of carbonyl (C=O) groups is 2. The largest absolute Gasteiger partial charge is 0.491 e. The van der Waals surface area contributed by atoms with Crippen molar-refractivity contribution in [1.82, 2.24) is 15.2 Å². The van der Waals surface area contributed by atoms with Crippen molar-refractivity contribution in [3.63, 3.8) is 0 Å². The Balaban J connectivity index is 1.33. The summed E-state index contributed by atoms with van der Waals surface area (Å²) in [7, 11) is 0. The number of hydrogen-bond donors (Lipinski definition) is 2. The molecule has 10 heteroatoms. The van der Waals surface area contributed by atoms with E-state index in [0.717, 1.165) is 49.4 Å². The van der Waals surface area contributed by atoms with Crippen molar-refractivity contribution >= 4 is 55.7 Å². The molecule has 0 saturated carbocycles. The van der Waals surface area contributed by atoms with Crippen LogP contribution in [0.25, 0.3) is 32.2 Å². The van der Waals surface area contributed by atoms with Gasteiger partial charge in [0.1, 0.15) is 16.2 Å². The van der Waals surface area contributed by atoms with Gasteiger partial charge in [-0.2, -0.15) is 0 Å². The highest BCUT2D eigenvalue weighted by molar-refractivity contribution is 7.21. The molecule has 2 amide bonds. The van der Waals surface area contributed by atoms with E-state index in [1.807, 2.05) is 59.7 Å². The van der Waals surface area contributed by atoms with E-state index in [2.05, 4.69) is 39.8 Å². The molecule has 1 fully saturated rings. The van der Waals surface area contributed by atoms with Crippen molar-refractivity contribution in [3.8, 4) is 17.0 Å². The highest BCUT2D eigenvalue weighted by Crippen LogP contribution is 2.41. The molecule has 6 rings (SSSR count). The lowest BCUT2D eigenvalue weighted by Crippen LogP contribution is -2.50. The van der Waals surface area contributed by atoms with Gasteiger partial charge in [0, 0.05) is 71.6 Å². The van der Waals surface area contributed by atoms with Crippen molar-refractivity contribution < 1.29 is 19.1 Å². The monoisotopic (exact) mass is 601 g/mol. The van der Waals surface area contributed by atoms with Crippen LogP contribution in [0.2, 0.25) is 0 Å². The minimum Gasteiger partial charge on any atom is -0.491 e. The van der Waals surface area contributed by atoms with Crippen LogP contribution >= 0.6 is 11.3 Å². The van der Waals surface area contributed by atoms with Crippen LogP contribution in [0.1, 0.15) is 51.2 Å². The van der Waals surface area contributed by atoms with Gasteiger partial charge in [-0.15, -0.1) is 11.3 Å². The number of amides is 2. The molecule has 0 aliphatic carbocycles. The molecule has 1 atom stereocenters. The van der Waals surface area contributed by atoms with E-state index in [9.17, 15) is 9.59 Å². The van der Waals surface area contributed by atoms with E-state index in [-0.39, 0.29) is 24.1 Å². The Hall–Kier alpha value is -4.05. The Kier molecular flexibility index (Phi) is 7.58. The van der Waals surface area contributed by atoms with Crippen LogP contribution in [-0.4, -0.2) is 72.4 Å². The van der Waals surface area contributed by atoms with Gasteiger partial charge in [-0.05, 0) is 77.9 Å². The average Bonchev–Trinajstić information content (AvgIpc) is 3.27. The van der Waals surface area contributed by atoms with Gasteiger partial charge in [-0.3, -0.25) is 4.79 Å². The summed E-state index contributed by atoms with van der Waals surface area (Å²) < 4.78 is 12.8. The molecule has 4 aromatic rings. The maximum atomic E-state index is 12.8. The summed E-state index contributed by atoms with van der Waals surface area (Å²) in [5.74, 6) is 0.745. The second kappa shape index (κ2) is 11.2. The number of aromatic nitrogens is 1. The van der Waals surface area contributed by atoms with Crippen molar-refractivity contribution in [2.45, 2.75) is 59.3 Å². The summed E-state index contributed by atoms with van der Waals surface area (Å²) >= 11 is 1.51. The third-order valence-electron chi connectivity index (χ3n) is 7.55. The molecule has 43 heavy (non-hydrogen) atoms. The first-order chi connectivity index (χ1) is 20.4. The quantitative estimate of drug-likeness (QED) is 0.276. The van der Waals surface area contributed by atoms with Crippen LogP contribution in [0.4, 0.5) is 16.2 Å². The Morgan fingerprint density at radius 3 is 2.56 bits per heavy atom. The Bertz CT molecular complexity index is 1700. The van der Waals surface area contributed by atoms with Gasteiger partial charge < -0.3 is 29.9 Å². The summed E-state index contributed by atoms with van der Waals surface area (Å²) in [5, 5.41) is 8.62. The summed E-state index contributed by atoms with van der Waals surface area (Å²) in [6.07, 6.45) is -0.252. The van der Waals surface area contributed by atoms with E-state index in [1.165, 1.54) is 11.3 Å². The summed E-state index contributed by atoms with van der Waals surface area (Å²) in [5.41, 5.74) is 4.07. The van der Waals surface area contributed by atoms with Crippen LogP contribution < -0.4 is 20.3 Å². The Morgan fingerprint density at radius 1 is 1.07 bits per heavy atom. The van der Waals surface area contributed by atoms with Crippen molar-refractivity contribution in [2.24, 2.45) is 0 Å². The Labute approximate surface area is 256 Å². The number of pyridine rings is 1. The molecule has 2 aromatic heterocycles. The van der Waals surface area contributed by atoms with Gasteiger partial charge in [0.25, 0.3) is 5.91 Å². The smallest absolute Gasteiger partial charge is 0.410 e. The zero-order chi connectivity index (χ0) is 30.5. The predicted molar refractivity (Wildman–Crippen MR) is 174 cm³/mol. The minimum atomic E-state index is -0.518. The molecule has 2 aromatic carbocycles. The van der Waals surface area contributed by atoms with Crippen LogP contribution in [0.3, 0.4) is 0 Å². The lowest BCUT2D eigenvalue weighted by atomic mass is 10.0. The highest BCUT2D eigenvalue weighted by atomic mass is 32.1. The normalized spacial score (nSPS) is 17.5. The molecule has 2 N–H and O–H groups in total. The van der Waals surface area contributed by atoms with E-state index in [0.29, 0.717) is 37.6 Å². The average molecular weight is 602 g/mol. The fourth-order valence-electron chi connectivity index (χ4n) is 5.61. The van der Waals surface area contributed by atoms with E-state index < -0.39 is 5.60 Å². The molecule has 0 spiro atoms. The van der Waals surface area contributed by atoms with E-state index in [4.69, 9.17) is 14.5 Å². The molecule has 0 bridgehead atoms. The molecular formula is C33H39N5O4S. The van der Waals surface area contributed by atoms with E-state index in [1.54, 1.807) is 4.90 Å². The maximum Gasteiger partial charge on any atom is 0.410 e. The third-order valence-corrected chi connectivity index (χ3v) is 8.70. The number of thiophene rings is 1. The lowest BCUT2D eigenvalue weighted by molar-refractivity contribution is 0.0240. The van der Waals surface area contributed by atoms with Crippen molar-refractivity contribution in [2.75, 3.05) is 42.9 Å². The highest BCUT2D eigenvalue weighted by Gasteiger charge is 2.27. The van der Waals surface area contributed by atoms with Crippen molar-refractivity contribution in [1.29, 1.82) is 0 Å². The number of nitrogens with zero attached hydrogens (tertiary/aromatic N) is 3. The number of hydrogen-bond acceptors (Lipinski definition) is 8. The number of benzene rings is 2. The fourth-order valence-corrected chi connectivity index (χ4v) is 6.71. The molecular weight excluding hydrogens is 562 g/mol. The predicted octanol–water partition coefficient (Wildman–Crippen LogP) is 6.50. The van der Waals surface area contributed by atoms with Gasteiger partial charge in [0.05, 0.1) is 23.0 Å². The van der Waals surface area contributed by atoms with E-state index >= 15 is 0 Å². The molecule has 2 aliphatic heterocycles. The molecule has 1 saturated heterocycles. The zero-order valence-corrected chi connectivity index (χ0v) is 26.4. The third kappa shape index (κ3) is 6.06. The number of fused-ring (bicyclic) bond motifs is 5. The fraction of sp³-hybridized carbons (Fsp3) is 0.424. The number of nitrogens with one attached hydrogen (secondary N) is 2. The van der Waals surface area contributed by atoms with Gasteiger partial charge in [0.2, 0.25) is 0 Å². The van der Waals surface area contributed by atoms with Gasteiger partial charge >= 0.3 is 6.09 Å². The van der Waals surface area contributed by atoms with Crippen LogP contribution in [0.5, 0.6) is 5.75 Å².